The third-order valence-electron chi connectivity index (χ3n) is 2.95. The molecule has 0 spiro atoms. The minimum absolute atomic E-state index is 0.275. The molecule has 0 saturated carbocycles. The molecule has 1 unspecified atom stereocenters. The highest BCUT2D eigenvalue weighted by Crippen LogP contribution is 2.08. The largest absolute Gasteiger partial charge is 0.432 e. The summed E-state index contributed by atoms with van der Waals surface area (Å²) in [4.78, 5) is 12.1. The summed E-state index contributed by atoms with van der Waals surface area (Å²) in [6, 6.07) is 0.928. The van der Waals surface area contributed by atoms with Crippen LogP contribution in [0.25, 0.3) is 0 Å². The van der Waals surface area contributed by atoms with Gasteiger partial charge < -0.3 is 14.3 Å². The van der Waals surface area contributed by atoms with E-state index >= 15 is 0 Å². The van der Waals surface area contributed by atoms with Crippen LogP contribution >= 0.6 is 0 Å². The van der Waals surface area contributed by atoms with Crippen molar-refractivity contribution in [3.8, 4) is 0 Å². The normalized spacial score (nSPS) is 20.5. The van der Waals surface area contributed by atoms with Gasteiger partial charge in [0.05, 0.1) is 19.3 Å². The predicted molar refractivity (Wildman–Crippen MR) is 71.8 cm³/mol. The Morgan fingerprint density at radius 1 is 1.35 bits per heavy atom. The van der Waals surface area contributed by atoms with Gasteiger partial charge in [-0.1, -0.05) is 0 Å². The van der Waals surface area contributed by atoms with Crippen molar-refractivity contribution in [2.24, 2.45) is 0 Å². The van der Waals surface area contributed by atoms with E-state index in [9.17, 15) is 4.80 Å². The summed E-state index contributed by atoms with van der Waals surface area (Å²) in [6.45, 7) is 11.6. The first-order chi connectivity index (χ1) is 7.97. The Morgan fingerprint density at radius 3 is 2.59 bits per heavy atom. The van der Waals surface area contributed by atoms with Crippen molar-refractivity contribution in [2.75, 3.05) is 39.5 Å². The predicted octanol–water partition coefficient (Wildman–Crippen LogP) is 1.31. The molecule has 0 aromatic heterocycles. The summed E-state index contributed by atoms with van der Waals surface area (Å²) < 4.78 is 11.1. The van der Waals surface area contributed by atoms with Gasteiger partial charge in [0.2, 0.25) is 0 Å². The molecule has 0 amide bonds. The highest BCUT2D eigenvalue weighted by Gasteiger charge is 2.17. The van der Waals surface area contributed by atoms with Crippen LogP contribution in [-0.4, -0.2) is 63.6 Å². The molecule has 5 heteroatoms. The molecule has 1 aliphatic rings. The summed E-state index contributed by atoms with van der Waals surface area (Å²) in [5.41, 5.74) is 0. The zero-order valence-corrected chi connectivity index (χ0v) is 12.4. The van der Waals surface area contributed by atoms with Crippen molar-refractivity contribution in [3.63, 3.8) is 0 Å². The molecule has 1 fully saturated rings. The fourth-order valence-corrected chi connectivity index (χ4v) is 3.00. The molecule has 1 saturated heterocycles. The van der Waals surface area contributed by atoms with Gasteiger partial charge in [-0.15, -0.1) is 0 Å². The van der Waals surface area contributed by atoms with Crippen LogP contribution in [0.5, 0.6) is 0 Å². The molecule has 1 rings (SSSR count). The minimum atomic E-state index is -1.88. The first-order valence-electron chi connectivity index (χ1n) is 6.61. The molecule has 0 radical (unpaired) electrons. The molecule has 4 nitrogen and oxygen atoms in total. The van der Waals surface area contributed by atoms with Gasteiger partial charge in [-0.05, 0) is 32.5 Å². The number of hydrogen-bond acceptors (Lipinski definition) is 4. The van der Waals surface area contributed by atoms with E-state index in [-0.39, 0.29) is 6.10 Å². The summed E-state index contributed by atoms with van der Waals surface area (Å²) >= 11 is 0. The second-order valence-corrected chi connectivity index (χ2v) is 9.64. The van der Waals surface area contributed by atoms with Crippen molar-refractivity contribution in [3.05, 3.63) is 0 Å². The topological polar surface area (TPSA) is 41.9 Å². The van der Waals surface area contributed by atoms with Crippen LogP contribution in [0.4, 0.5) is 0 Å². The monoisotopic (exact) mass is 261 g/mol. The van der Waals surface area contributed by atoms with Crippen LogP contribution < -0.4 is 0 Å². The minimum Gasteiger partial charge on any atom is -0.432 e. The van der Waals surface area contributed by atoms with Gasteiger partial charge in [0.1, 0.15) is 0 Å². The lowest BCUT2D eigenvalue weighted by atomic mass is 10.3. The maximum atomic E-state index is 9.71. The Kier molecular flexibility index (Phi) is 6.65. The second kappa shape index (κ2) is 7.48. The van der Waals surface area contributed by atoms with Crippen LogP contribution in [0.3, 0.4) is 0 Å². The molecular formula is C12H27NO3Si. The van der Waals surface area contributed by atoms with Crippen molar-refractivity contribution < 1.29 is 14.3 Å². The van der Waals surface area contributed by atoms with Crippen LogP contribution in [0.15, 0.2) is 0 Å². The van der Waals surface area contributed by atoms with Gasteiger partial charge in [0.25, 0.3) is 0 Å². The van der Waals surface area contributed by atoms with Crippen molar-refractivity contribution in [1.82, 2.24) is 4.90 Å². The van der Waals surface area contributed by atoms with E-state index in [1.807, 2.05) is 13.1 Å². The van der Waals surface area contributed by atoms with Crippen LogP contribution in [0.1, 0.15) is 13.3 Å². The van der Waals surface area contributed by atoms with Gasteiger partial charge in [-0.2, -0.15) is 0 Å². The molecule has 0 aromatic rings. The molecule has 102 valence electrons. The highest BCUT2D eigenvalue weighted by molar-refractivity contribution is 6.69. The maximum Gasteiger partial charge on any atom is 0.182 e. The van der Waals surface area contributed by atoms with Gasteiger partial charge in [-0.25, -0.2) is 0 Å². The lowest BCUT2D eigenvalue weighted by Crippen LogP contribution is -2.41. The lowest BCUT2D eigenvalue weighted by Gasteiger charge is -2.29. The molecule has 1 N–H and O–H groups in total. The quantitative estimate of drug-likeness (QED) is 0.554. The number of morpholine rings is 1. The standard InChI is InChI=1S/C12H27NO3Si/c1-12(11-13-5-8-15-9-6-13)16-7-4-10-17(2,3)14/h12,14H,4-11H2,1-3H3. The van der Waals surface area contributed by atoms with Crippen LogP contribution in [0.2, 0.25) is 19.1 Å². The number of ether oxygens (including phenoxy) is 2. The molecule has 0 bridgehead atoms. The third kappa shape index (κ3) is 7.89. The Bertz CT molecular complexity index is 202. The third-order valence-corrected chi connectivity index (χ3v) is 4.53. The zero-order valence-electron chi connectivity index (χ0n) is 11.4. The number of hydrogen-bond donors (Lipinski definition) is 1. The average molecular weight is 261 g/mol. The van der Waals surface area contributed by atoms with E-state index in [0.29, 0.717) is 0 Å². The van der Waals surface area contributed by atoms with E-state index in [4.69, 9.17) is 9.47 Å². The first-order valence-corrected chi connectivity index (χ1v) is 9.77. The van der Waals surface area contributed by atoms with E-state index < -0.39 is 8.32 Å². The molecule has 17 heavy (non-hydrogen) atoms. The Hall–Kier alpha value is 0.0569. The summed E-state index contributed by atoms with van der Waals surface area (Å²) in [5.74, 6) is 0. The SMILES string of the molecule is CC(CN1CCOCC1)OCCC[Si](C)(C)O. The smallest absolute Gasteiger partial charge is 0.182 e. The van der Waals surface area contributed by atoms with Gasteiger partial charge in [0.15, 0.2) is 8.32 Å². The van der Waals surface area contributed by atoms with E-state index in [1.165, 1.54) is 0 Å². The average Bonchev–Trinajstić information content (AvgIpc) is 2.25. The molecule has 1 heterocycles. The fourth-order valence-electron chi connectivity index (χ4n) is 1.99. The summed E-state index contributed by atoms with van der Waals surface area (Å²) in [6.07, 6.45) is 1.25. The maximum absolute atomic E-state index is 9.71. The Morgan fingerprint density at radius 2 is 2.00 bits per heavy atom. The summed E-state index contributed by atoms with van der Waals surface area (Å²) in [5, 5.41) is 0. The fraction of sp³-hybridized carbons (Fsp3) is 1.00. The second-order valence-electron chi connectivity index (χ2n) is 5.51. The van der Waals surface area contributed by atoms with Crippen LogP contribution in [0, 0.1) is 0 Å². The zero-order chi connectivity index (χ0) is 12.7. The molecule has 0 aliphatic carbocycles. The van der Waals surface area contributed by atoms with E-state index in [2.05, 4.69) is 11.8 Å². The molecule has 1 atom stereocenters. The van der Waals surface area contributed by atoms with Crippen molar-refractivity contribution >= 4 is 8.32 Å². The van der Waals surface area contributed by atoms with Gasteiger partial charge >= 0.3 is 0 Å². The van der Waals surface area contributed by atoms with E-state index in [1.54, 1.807) is 0 Å². The Balaban J connectivity index is 2.02. The number of nitrogens with zero attached hydrogens (tertiary/aromatic N) is 1. The van der Waals surface area contributed by atoms with Crippen molar-refractivity contribution in [2.45, 2.75) is 38.6 Å². The Labute approximate surface area is 106 Å². The van der Waals surface area contributed by atoms with Gasteiger partial charge in [0, 0.05) is 26.2 Å². The van der Waals surface area contributed by atoms with Gasteiger partial charge in [-0.3, -0.25) is 4.90 Å². The number of rotatable bonds is 7. The molecule has 0 aromatic carbocycles. The highest BCUT2D eigenvalue weighted by atomic mass is 28.4. The van der Waals surface area contributed by atoms with Crippen molar-refractivity contribution in [1.29, 1.82) is 0 Å². The van der Waals surface area contributed by atoms with Crippen LogP contribution in [-0.2, 0) is 9.47 Å². The molecule has 1 aliphatic heterocycles. The lowest BCUT2D eigenvalue weighted by molar-refractivity contribution is -0.00553. The summed E-state index contributed by atoms with van der Waals surface area (Å²) in [7, 11) is -1.88. The molecular weight excluding hydrogens is 234 g/mol. The first kappa shape index (κ1) is 15.1. The van der Waals surface area contributed by atoms with E-state index in [0.717, 1.165) is 51.9 Å².